The van der Waals surface area contributed by atoms with Gasteiger partial charge in [-0.2, -0.15) is 0 Å². The molecule has 0 saturated carbocycles. The van der Waals surface area contributed by atoms with Crippen LogP contribution in [0.3, 0.4) is 0 Å². The lowest BCUT2D eigenvalue weighted by Gasteiger charge is -2.26. The van der Waals surface area contributed by atoms with Gasteiger partial charge in [0, 0.05) is 25.1 Å². The SMILES string of the molecule is CCCC(=O)C=CN1CC(c2ccc3c(c2)OCO3)[C@H](C(=O)O)[C@H]1c1ccc(OC)cc1. The van der Waals surface area contributed by atoms with Crippen molar-refractivity contribution in [3.05, 3.63) is 65.9 Å². The van der Waals surface area contributed by atoms with Crippen LogP contribution in [0.4, 0.5) is 0 Å². The molecule has 0 aliphatic carbocycles. The first kappa shape index (κ1) is 21.7. The van der Waals surface area contributed by atoms with Crippen molar-refractivity contribution in [2.45, 2.75) is 31.7 Å². The van der Waals surface area contributed by atoms with Gasteiger partial charge >= 0.3 is 5.97 Å². The van der Waals surface area contributed by atoms with Gasteiger partial charge in [-0.1, -0.05) is 25.1 Å². The summed E-state index contributed by atoms with van der Waals surface area (Å²) in [6, 6.07) is 12.6. The van der Waals surface area contributed by atoms with Crippen molar-refractivity contribution in [3.63, 3.8) is 0 Å². The molecular formula is C25H27NO6. The number of rotatable bonds is 8. The molecule has 0 aromatic heterocycles. The lowest BCUT2D eigenvalue weighted by molar-refractivity contribution is -0.143. The summed E-state index contributed by atoms with van der Waals surface area (Å²) in [6.07, 6.45) is 4.53. The first-order valence-corrected chi connectivity index (χ1v) is 10.7. The van der Waals surface area contributed by atoms with Gasteiger partial charge in [0.1, 0.15) is 5.75 Å². The standard InChI is InChI=1S/C25H27NO6/c1-3-4-18(27)11-12-26-14-20(17-7-10-21-22(13-17)32-15-31-21)23(25(28)29)24(26)16-5-8-19(30-2)9-6-16/h5-13,20,23-24H,3-4,14-15H2,1-2H3,(H,28,29)/t20?,23-,24+/m0/s1. The Balaban J connectivity index is 1.73. The molecular weight excluding hydrogens is 410 g/mol. The minimum absolute atomic E-state index is 0.0272. The number of hydrogen-bond donors (Lipinski definition) is 1. The van der Waals surface area contributed by atoms with E-state index in [0.29, 0.717) is 30.2 Å². The average Bonchev–Trinajstić information content (AvgIpc) is 3.42. The molecule has 32 heavy (non-hydrogen) atoms. The number of carbonyl (C=O) groups is 2. The Morgan fingerprint density at radius 2 is 1.84 bits per heavy atom. The molecule has 0 spiro atoms. The zero-order valence-electron chi connectivity index (χ0n) is 18.2. The lowest BCUT2D eigenvalue weighted by atomic mass is 9.83. The van der Waals surface area contributed by atoms with Crippen molar-refractivity contribution in [2.24, 2.45) is 5.92 Å². The highest BCUT2D eigenvalue weighted by Gasteiger charge is 2.46. The number of benzene rings is 2. The van der Waals surface area contributed by atoms with Crippen LogP contribution < -0.4 is 14.2 Å². The van der Waals surface area contributed by atoms with Gasteiger partial charge in [-0.15, -0.1) is 0 Å². The van der Waals surface area contributed by atoms with E-state index in [1.165, 1.54) is 0 Å². The third kappa shape index (κ3) is 4.28. The Morgan fingerprint density at radius 1 is 1.12 bits per heavy atom. The molecule has 2 aliphatic rings. The minimum Gasteiger partial charge on any atom is -0.497 e. The maximum absolute atomic E-state index is 12.5. The molecule has 1 N–H and O–H groups in total. The molecule has 4 rings (SSSR count). The van der Waals surface area contributed by atoms with Gasteiger partial charge in [-0.3, -0.25) is 9.59 Å². The van der Waals surface area contributed by atoms with E-state index in [-0.39, 0.29) is 18.5 Å². The second kappa shape index (κ2) is 9.34. The topological polar surface area (TPSA) is 85.3 Å². The van der Waals surface area contributed by atoms with Gasteiger partial charge in [0.2, 0.25) is 6.79 Å². The van der Waals surface area contributed by atoms with Crippen LogP contribution >= 0.6 is 0 Å². The molecule has 7 heteroatoms. The second-order valence-corrected chi connectivity index (χ2v) is 8.03. The van der Waals surface area contributed by atoms with Crippen LogP contribution in [-0.2, 0) is 9.59 Å². The maximum atomic E-state index is 12.5. The van der Waals surface area contributed by atoms with Crippen molar-refractivity contribution in [3.8, 4) is 17.2 Å². The summed E-state index contributed by atoms with van der Waals surface area (Å²) in [7, 11) is 1.59. The van der Waals surface area contributed by atoms with Crippen molar-refractivity contribution in [1.82, 2.24) is 4.90 Å². The molecule has 2 aromatic rings. The largest absolute Gasteiger partial charge is 0.497 e. The number of carbonyl (C=O) groups excluding carboxylic acids is 1. The maximum Gasteiger partial charge on any atom is 0.309 e. The Bertz CT molecular complexity index is 1020. The molecule has 0 radical (unpaired) electrons. The molecule has 3 atom stereocenters. The fraction of sp³-hybridized carbons (Fsp3) is 0.360. The highest BCUT2D eigenvalue weighted by molar-refractivity contribution is 5.89. The molecule has 7 nitrogen and oxygen atoms in total. The zero-order chi connectivity index (χ0) is 22.7. The molecule has 2 heterocycles. The van der Waals surface area contributed by atoms with Crippen LogP contribution in [0.1, 0.15) is 42.9 Å². The number of fused-ring (bicyclic) bond motifs is 1. The van der Waals surface area contributed by atoms with Crippen LogP contribution in [-0.4, -0.2) is 42.2 Å². The lowest BCUT2D eigenvalue weighted by Crippen LogP contribution is -2.26. The Morgan fingerprint density at radius 3 is 2.53 bits per heavy atom. The van der Waals surface area contributed by atoms with E-state index in [1.54, 1.807) is 19.4 Å². The predicted molar refractivity (Wildman–Crippen MR) is 118 cm³/mol. The molecule has 1 fully saturated rings. The predicted octanol–water partition coefficient (Wildman–Crippen LogP) is 4.15. The minimum atomic E-state index is -0.885. The first-order valence-electron chi connectivity index (χ1n) is 10.7. The van der Waals surface area contributed by atoms with E-state index in [2.05, 4.69) is 0 Å². The average molecular weight is 437 g/mol. The number of ketones is 1. The van der Waals surface area contributed by atoms with Crippen molar-refractivity contribution < 1.29 is 28.9 Å². The third-order valence-corrected chi connectivity index (χ3v) is 6.05. The van der Waals surface area contributed by atoms with Crippen LogP contribution in [0.5, 0.6) is 17.2 Å². The highest BCUT2D eigenvalue weighted by Crippen LogP contribution is 2.48. The van der Waals surface area contributed by atoms with E-state index < -0.39 is 17.9 Å². The van der Waals surface area contributed by atoms with Crippen molar-refractivity contribution in [1.29, 1.82) is 0 Å². The van der Waals surface area contributed by atoms with Crippen LogP contribution in [0.2, 0.25) is 0 Å². The Labute approximate surface area is 187 Å². The van der Waals surface area contributed by atoms with Crippen molar-refractivity contribution in [2.75, 3.05) is 20.4 Å². The Kier molecular flexibility index (Phi) is 6.35. The summed E-state index contributed by atoms with van der Waals surface area (Å²) in [4.78, 5) is 26.6. The molecule has 1 saturated heterocycles. The summed E-state index contributed by atoms with van der Waals surface area (Å²) in [5, 5.41) is 10.3. The van der Waals surface area contributed by atoms with Crippen LogP contribution in [0, 0.1) is 5.92 Å². The van der Waals surface area contributed by atoms with Gasteiger partial charge in [-0.05, 0) is 47.9 Å². The molecule has 2 aromatic carbocycles. The van der Waals surface area contributed by atoms with E-state index >= 15 is 0 Å². The Hall–Kier alpha value is -3.48. The number of allylic oxidation sites excluding steroid dienone is 1. The van der Waals surface area contributed by atoms with Gasteiger partial charge in [0.05, 0.1) is 19.1 Å². The molecule has 0 amide bonds. The van der Waals surface area contributed by atoms with Crippen LogP contribution in [0.15, 0.2) is 54.7 Å². The van der Waals surface area contributed by atoms with Gasteiger partial charge in [-0.25, -0.2) is 0 Å². The quantitative estimate of drug-likeness (QED) is 0.621. The van der Waals surface area contributed by atoms with Crippen LogP contribution in [0.25, 0.3) is 0 Å². The third-order valence-electron chi connectivity index (χ3n) is 6.05. The molecule has 2 aliphatic heterocycles. The summed E-state index contributed by atoms with van der Waals surface area (Å²) in [6.45, 7) is 2.58. The molecule has 1 unspecified atom stereocenters. The monoisotopic (exact) mass is 437 g/mol. The number of carboxylic acids is 1. The normalized spacial score (nSPS) is 21.8. The van der Waals surface area contributed by atoms with Gasteiger partial charge in [0.25, 0.3) is 0 Å². The van der Waals surface area contributed by atoms with E-state index in [4.69, 9.17) is 14.2 Å². The zero-order valence-corrected chi connectivity index (χ0v) is 18.2. The summed E-state index contributed by atoms with van der Waals surface area (Å²) < 4.78 is 16.2. The van der Waals surface area contributed by atoms with Crippen molar-refractivity contribution >= 4 is 11.8 Å². The number of carboxylic acid groups (broad SMARTS) is 1. The fourth-order valence-electron chi connectivity index (χ4n) is 4.51. The van der Waals surface area contributed by atoms with E-state index in [9.17, 15) is 14.7 Å². The summed E-state index contributed by atoms with van der Waals surface area (Å²) >= 11 is 0. The number of hydrogen-bond acceptors (Lipinski definition) is 6. The molecule has 0 bridgehead atoms. The van der Waals surface area contributed by atoms with Gasteiger partial charge in [0.15, 0.2) is 17.3 Å². The highest BCUT2D eigenvalue weighted by atomic mass is 16.7. The fourth-order valence-corrected chi connectivity index (χ4v) is 4.51. The number of methoxy groups -OCH3 is 1. The number of likely N-dealkylation sites (tertiary alicyclic amines) is 1. The first-order chi connectivity index (χ1) is 15.5. The smallest absolute Gasteiger partial charge is 0.309 e. The second-order valence-electron chi connectivity index (χ2n) is 8.03. The van der Waals surface area contributed by atoms with E-state index in [1.807, 2.05) is 54.3 Å². The molecule has 168 valence electrons. The summed E-state index contributed by atoms with van der Waals surface area (Å²) in [5.41, 5.74) is 1.73. The number of nitrogens with zero attached hydrogens (tertiary/aromatic N) is 1. The van der Waals surface area contributed by atoms with Gasteiger partial charge < -0.3 is 24.2 Å². The van der Waals surface area contributed by atoms with E-state index in [0.717, 1.165) is 17.5 Å². The number of aliphatic carboxylic acids is 1. The summed E-state index contributed by atoms with van der Waals surface area (Å²) in [5.74, 6) is 0.122. The number of ether oxygens (including phenoxy) is 3.